The summed E-state index contributed by atoms with van der Waals surface area (Å²) in [6, 6.07) is 9.37. The zero-order chi connectivity index (χ0) is 19.7. The van der Waals surface area contributed by atoms with Crippen LogP contribution in [0.1, 0.15) is 32.8 Å². The first-order valence-corrected chi connectivity index (χ1v) is 12.7. The van der Waals surface area contributed by atoms with Crippen LogP contribution in [0.15, 0.2) is 35.3 Å². The molecule has 1 saturated heterocycles. The molecule has 1 aliphatic rings. The van der Waals surface area contributed by atoms with Crippen LogP contribution >= 0.6 is 11.8 Å². The number of thioether (sulfide) groups is 1. The van der Waals surface area contributed by atoms with Crippen molar-refractivity contribution in [2.45, 2.75) is 38.2 Å². The fourth-order valence-corrected chi connectivity index (χ4v) is 5.78. The van der Waals surface area contributed by atoms with E-state index < -0.39 is 9.84 Å². The Hall–Kier alpha value is -1.21. The second-order valence-corrected chi connectivity index (χ2v) is 10.8. The Morgan fingerprint density at radius 1 is 1.33 bits per heavy atom. The topological polar surface area (TPSA) is 61.8 Å². The second-order valence-electron chi connectivity index (χ2n) is 7.27. The van der Waals surface area contributed by atoms with Gasteiger partial charge in [-0.25, -0.2) is 8.42 Å². The van der Waals surface area contributed by atoms with Gasteiger partial charge in [0.1, 0.15) is 0 Å². The van der Waals surface area contributed by atoms with E-state index in [2.05, 4.69) is 31.0 Å². The molecule has 1 atom stereocenters. The minimum absolute atomic E-state index is 0.108. The van der Waals surface area contributed by atoms with Crippen LogP contribution in [0.4, 0.5) is 0 Å². The molecular formula is C20H33N3O2S2. The Bertz CT molecular complexity index is 690. The van der Waals surface area contributed by atoms with Gasteiger partial charge in [0, 0.05) is 37.2 Å². The van der Waals surface area contributed by atoms with Crippen molar-refractivity contribution >= 4 is 27.6 Å². The molecule has 1 N–H and O–H groups in total. The van der Waals surface area contributed by atoms with E-state index in [0.717, 1.165) is 36.9 Å². The summed E-state index contributed by atoms with van der Waals surface area (Å²) < 4.78 is 24.6. The van der Waals surface area contributed by atoms with Gasteiger partial charge in [-0.15, -0.1) is 0 Å². The second kappa shape index (κ2) is 11.0. The van der Waals surface area contributed by atoms with Crippen molar-refractivity contribution in [1.29, 1.82) is 0 Å². The number of hydrogen-bond donors (Lipinski definition) is 1. The molecule has 27 heavy (non-hydrogen) atoms. The summed E-state index contributed by atoms with van der Waals surface area (Å²) in [6.45, 7) is 9.95. The quantitative estimate of drug-likeness (QED) is 0.405. The van der Waals surface area contributed by atoms with Crippen molar-refractivity contribution in [1.82, 2.24) is 10.2 Å². The number of aliphatic imine (C=N–C) groups is 1. The summed E-state index contributed by atoms with van der Waals surface area (Å²) >= 11 is 2.04. The number of guanidine groups is 1. The maximum Gasteiger partial charge on any atom is 0.193 e. The lowest BCUT2D eigenvalue weighted by Crippen LogP contribution is -2.49. The molecule has 7 heteroatoms. The average Bonchev–Trinajstić information content (AvgIpc) is 2.65. The Morgan fingerprint density at radius 3 is 2.74 bits per heavy atom. The van der Waals surface area contributed by atoms with E-state index in [-0.39, 0.29) is 11.5 Å². The van der Waals surface area contributed by atoms with Crippen LogP contribution in [0, 0.1) is 5.92 Å². The average molecular weight is 412 g/mol. The summed E-state index contributed by atoms with van der Waals surface area (Å²) in [6.07, 6.45) is 0.556. The van der Waals surface area contributed by atoms with Gasteiger partial charge in [-0.1, -0.05) is 44.2 Å². The van der Waals surface area contributed by atoms with E-state index in [4.69, 9.17) is 4.99 Å². The van der Waals surface area contributed by atoms with E-state index >= 15 is 0 Å². The van der Waals surface area contributed by atoms with Crippen LogP contribution < -0.4 is 5.32 Å². The molecule has 1 aromatic rings. The molecule has 1 heterocycles. The van der Waals surface area contributed by atoms with E-state index in [0.29, 0.717) is 24.1 Å². The van der Waals surface area contributed by atoms with Crippen molar-refractivity contribution in [3.63, 3.8) is 0 Å². The van der Waals surface area contributed by atoms with Gasteiger partial charge in [0.15, 0.2) is 15.8 Å². The lowest BCUT2D eigenvalue weighted by atomic mass is 10.1. The van der Waals surface area contributed by atoms with Crippen molar-refractivity contribution in [2.75, 3.05) is 37.7 Å². The summed E-state index contributed by atoms with van der Waals surface area (Å²) in [5.41, 5.74) is 0.847. The zero-order valence-electron chi connectivity index (χ0n) is 16.7. The minimum atomic E-state index is -3.10. The number of rotatable bonds is 8. The zero-order valence-corrected chi connectivity index (χ0v) is 18.4. The van der Waals surface area contributed by atoms with Crippen molar-refractivity contribution < 1.29 is 8.42 Å². The van der Waals surface area contributed by atoms with Gasteiger partial charge in [0.05, 0.1) is 11.5 Å². The van der Waals surface area contributed by atoms with Crippen molar-refractivity contribution in [2.24, 2.45) is 10.9 Å². The summed E-state index contributed by atoms with van der Waals surface area (Å²) in [7, 11) is -3.10. The smallest absolute Gasteiger partial charge is 0.193 e. The normalized spacial score (nSPS) is 18.7. The molecule has 0 spiro atoms. The Balaban J connectivity index is 1.87. The standard InChI is InChI=1S/C20H33N3O2S2/c1-4-21-20(23-12-13-26-19(15-23)17(2)3)22-11-8-14-27(24,25)16-18-9-6-5-7-10-18/h5-7,9-10,17,19H,4,8,11-16H2,1-3H3,(H,21,22). The molecule has 1 aromatic carbocycles. The largest absolute Gasteiger partial charge is 0.357 e. The molecule has 1 unspecified atom stereocenters. The van der Waals surface area contributed by atoms with Crippen molar-refractivity contribution in [3.05, 3.63) is 35.9 Å². The highest BCUT2D eigenvalue weighted by molar-refractivity contribution is 8.00. The molecule has 0 bridgehead atoms. The monoisotopic (exact) mass is 411 g/mol. The molecule has 1 fully saturated rings. The molecule has 2 rings (SSSR count). The van der Waals surface area contributed by atoms with Crippen LogP contribution in [-0.2, 0) is 15.6 Å². The molecule has 1 aliphatic heterocycles. The van der Waals surface area contributed by atoms with Crippen LogP contribution in [-0.4, -0.2) is 62.2 Å². The summed E-state index contributed by atoms with van der Waals surface area (Å²) in [5.74, 6) is 2.96. The number of benzene rings is 1. The highest BCUT2D eigenvalue weighted by atomic mass is 32.2. The summed E-state index contributed by atoms with van der Waals surface area (Å²) in [4.78, 5) is 7.02. The predicted molar refractivity (Wildman–Crippen MR) is 117 cm³/mol. The fraction of sp³-hybridized carbons (Fsp3) is 0.650. The van der Waals surface area contributed by atoms with Gasteiger partial charge in [-0.05, 0) is 24.8 Å². The number of hydrogen-bond acceptors (Lipinski definition) is 4. The SMILES string of the molecule is CCNC(=NCCCS(=O)(=O)Cc1ccccc1)N1CCSC(C(C)C)C1. The van der Waals surface area contributed by atoms with Crippen LogP contribution in [0.5, 0.6) is 0 Å². The molecule has 152 valence electrons. The van der Waals surface area contributed by atoms with Crippen molar-refractivity contribution in [3.8, 4) is 0 Å². The Labute approximate surface area is 168 Å². The lowest BCUT2D eigenvalue weighted by molar-refractivity contribution is 0.381. The van der Waals surface area contributed by atoms with Gasteiger partial charge >= 0.3 is 0 Å². The third-order valence-corrected chi connectivity index (χ3v) is 7.80. The molecule has 0 amide bonds. The molecule has 0 saturated carbocycles. The van der Waals surface area contributed by atoms with Gasteiger partial charge in [-0.2, -0.15) is 11.8 Å². The minimum Gasteiger partial charge on any atom is -0.357 e. The third kappa shape index (κ3) is 7.74. The maximum atomic E-state index is 12.3. The van der Waals surface area contributed by atoms with E-state index in [1.54, 1.807) is 0 Å². The molecule has 5 nitrogen and oxygen atoms in total. The van der Waals surface area contributed by atoms with E-state index in [9.17, 15) is 8.42 Å². The molecule has 0 aromatic heterocycles. The van der Waals surface area contributed by atoms with Crippen LogP contribution in [0.3, 0.4) is 0 Å². The molecule has 0 radical (unpaired) electrons. The highest BCUT2D eigenvalue weighted by Crippen LogP contribution is 2.24. The highest BCUT2D eigenvalue weighted by Gasteiger charge is 2.24. The summed E-state index contributed by atoms with van der Waals surface area (Å²) in [5, 5.41) is 3.99. The van der Waals surface area contributed by atoms with Gasteiger partial charge in [0.25, 0.3) is 0 Å². The first-order valence-electron chi connectivity index (χ1n) is 9.80. The third-order valence-electron chi connectivity index (χ3n) is 4.58. The fourth-order valence-electron chi connectivity index (χ4n) is 3.07. The maximum absolute atomic E-state index is 12.3. The first-order chi connectivity index (χ1) is 12.9. The van der Waals surface area contributed by atoms with Crippen LogP contribution in [0.2, 0.25) is 0 Å². The van der Waals surface area contributed by atoms with Gasteiger partial charge < -0.3 is 10.2 Å². The lowest BCUT2D eigenvalue weighted by Gasteiger charge is -2.36. The van der Waals surface area contributed by atoms with Crippen LogP contribution in [0.25, 0.3) is 0 Å². The Kier molecular flexibility index (Phi) is 8.96. The Morgan fingerprint density at radius 2 is 2.07 bits per heavy atom. The van der Waals surface area contributed by atoms with Gasteiger partial charge in [-0.3, -0.25) is 4.99 Å². The predicted octanol–water partition coefficient (Wildman–Crippen LogP) is 3.03. The molecule has 0 aliphatic carbocycles. The first kappa shape index (κ1) is 22.1. The van der Waals surface area contributed by atoms with E-state index in [1.165, 1.54) is 0 Å². The van der Waals surface area contributed by atoms with E-state index in [1.807, 2.05) is 42.1 Å². The number of nitrogens with zero attached hydrogens (tertiary/aromatic N) is 2. The van der Waals surface area contributed by atoms with Gasteiger partial charge in [0.2, 0.25) is 0 Å². The number of sulfone groups is 1. The molecular weight excluding hydrogens is 378 g/mol. The number of nitrogens with one attached hydrogen (secondary N) is 1.